The lowest BCUT2D eigenvalue weighted by Crippen LogP contribution is -2.34. The van der Waals surface area contributed by atoms with Gasteiger partial charge < -0.3 is 15.1 Å². The van der Waals surface area contributed by atoms with Gasteiger partial charge in [-0.1, -0.05) is 24.3 Å². The molecule has 4 nitrogen and oxygen atoms in total. The Labute approximate surface area is 148 Å². The first-order chi connectivity index (χ1) is 12.1. The van der Waals surface area contributed by atoms with E-state index in [0.717, 1.165) is 30.0 Å². The molecule has 5 heteroatoms. The number of nitrogens with one attached hydrogen (secondary N) is 1. The molecular formula is C20H24FN3O. The zero-order valence-corrected chi connectivity index (χ0v) is 14.7. The van der Waals surface area contributed by atoms with E-state index in [2.05, 4.69) is 10.2 Å². The van der Waals surface area contributed by atoms with E-state index in [1.807, 2.05) is 31.2 Å². The second-order valence-corrected chi connectivity index (χ2v) is 6.48. The van der Waals surface area contributed by atoms with E-state index in [9.17, 15) is 9.18 Å². The highest BCUT2D eigenvalue weighted by Crippen LogP contribution is 2.29. The lowest BCUT2D eigenvalue weighted by Gasteiger charge is -2.27. The fourth-order valence-corrected chi connectivity index (χ4v) is 3.16. The predicted molar refractivity (Wildman–Crippen MR) is 99.5 cm³/mol. The quantitative estimate of drug-likeness (QED) is 0.878. The third-order valence-electron chi connectivity index (χ3n) is 4.85. The fourth-order valence-electron chi connectivity index (χ4n) is 3.16. The highest BCUT2D eigenvalue weighted by molar-refractivity contribution is 5.93. The van der Waals surface area contributed by atoms with Crippen molar-refractivity contribution < 1.29 is 9.18 Å². The Bertz CT molecular complexity index is 726. The third kappa shape index (κ3) is 3.92. The van der Waals surface area contributed by atoms with Gasteiger partial charge in [0.05, 0.1) is 17.4 Å². The van der Waals surface area contributed by atoms with Gasteiger partial charge in [-0.2, -0.15) is 0 Å². The number of nitrogens with zero attached hydrogens (tertiary/aromatic N) is 2. The molecular weight excluding hydrogens is 317 g/mol. The summed E-state index contributed by atoms with van der Waals surface area (Å²) in [6.07, 6.45) is 2.37. The van der Waals surface area contributed by atoms with Crippen molar-refractivity contribution in [2.45, 2.75) is 25.8 Å². The van der Waals surface area contributed by atoms with Crippen LogP contribution >= 0.6 is 0 Å². The molecule has 132 valence electrons. The summed E-state index contributed by atoms with van der Waals surface area (Å²) in [5, 5.41) is 3.02. The summed E-state index contributed by atoms with van der Waals surface area (Å²) in [4.78, 5) is 16.6. The number of para-hydroxylation sites is 2. The highest BCUT2D eigenvalue weighted by Gasteiger charge is 2.20. The van der Waals surface area contributed by atoms with Gasteiger partial charge in [0, 0.05) is 20.1 Å². The van der Waals surface area contributed by atoms with Crippen LogP contribution in [0.2, 0.25) is 0 Å². The lowest BCUT2D eigenvalue weighted by atomic mass is 10.1. The fraction of sp³-hybridized carbons (Fsp3) is 0.350. The van der Waals surface area contributed by atoms with Gasteiger partial charge in [0.1, 0.15) is 5.82 Å². The van der Waals surface area contributed by atoms with E-state index in [1.54, 1.807) is 24.1 Å². The minimum atomic E-state index is -0.275. The minimum absolute atomic E-state index is 0.153. The molecule has 0 aromatic heterocycles. The van der Waals surface area contributed by atoms with Crippen molar-refractivity contribution in [3.05, 3.63) is 59.9 Å². The molecule has 1 aliphatic heterocycles. The number of anilines is 2. The van der Waals surface area contributed by atoms with Crippen molar-refractivity contribution in [3.63, 3.8) is 0 Å². The summed E-state index contributed by atoms with van der Waals surface area (Å²) < 4.78 is 13.1. The van der Waals surface area contributed by atoms with Crippen LogP contribution in [0, 0.1) is 5.82 Å². The van der Waals surface area contributed by atoms with Crippen molar-refractivity contribution in [2.75, 3.05) is 30.4 Å². The van der Waals surface area contributed by atoms with Crippen LogP contribution in [-0.4, -0.2) is 31.1 Å². The lowest BCUT2D eigenvalue weighted by molar-refractivity contribution is 0.208. The number of halogens is 1. The van der Waals surface area contributed by atoms with Crippen LogP contribution in [-0.2, 0) is 0 Å². The van der Waals surface area contributed by atoms with Crippen LogP contribution in [0.25, 0.3) is 0 Å². The van der Waals surface area contributed by atoms with Crippen molar-refractivity contribution in [1.82, 2.24) is 4.90 Å². The molecule has 0 bridgehead atoms. The molecule has 2 aromatic carbocycles. The molecule has 0 unspecified atom stereocenters. The van der Waals surface area contributed by atoms with E-state index in [1.165, 1.54) is 25.0 Å². The second kappa shape index (κ2) is 7.55. The first kappa shape index (κ1) is 17.3. The number of benzene rings is 2. The molecule has 1 saturated heterocycles. The van der Waals surface area contributed by atoms with Crippen molar-refractivity contribution in [1.29, 1.82) is 0 Å². The molecule has 2 aromatic rings. The maximum Gasteiger partial charge on any atom is 0.322 e. The maximum absolute atomic E-state index is 13.1. The van der Waals surface area contributed by atoms with E-state index < -0.39 is 0 Å². The standard InChI is InChI=1S/C20H24FN3O/c1-15(16-9-11-17(21)12-10-16)23(2)20(25)22-18-7-3-4-8-19(18)24-13-5-6-14-24/h3-4,7-12,15H,5-6,13-14H2,1-2H3,(H,22,25)/t15-/m1/s1. The average molecular weight is 341 g/mol. The number of carbonyl (C=O) groups excluding carboxylic acids is 1. The molecule has 1 fully saturated rings. The summed E-state index contributed by atoms with van der Waals surface area (Å²) in [7, 11) is 1.75. The summed E-state index contributed by atoms with van der Waals surface area (Å²) in [6.45, 7) is 3.97. The summed E-state index contributed by atoms with van der Waals surface area (Å²) in [6, 6.07) is 13.8. The van der Waals surface area contributed by atoms with E-state index in [-0.39, 0.29) is 17.9 Å². The van der Waals surface area contributed by atoms with Crippen molar-refractivity contribution in [3.8, 4) is 0 Å². The zero-order valence-electron chi connectivity index (χ0n) is 14.7. The smallest absolute Gasteiger partial charge is 0.322 e. The van der Waals surface area contributed by atoms with Crippen LogP contribution in [0.15, 0.2) is 48.5 Å². The largest absolute Gasteiger partial charge is 0.370 e. The van der Waals surface area contributed by atoms with Crippen LogP contribution in [0.5, 0.6) is 0 Å². The summed E-state index contributed by atoms with van der Waals surface area (Å²) in [5.74, 6) is -0.275. The van der Waals surface area contributed by atoms with Gasteiger partial charge in [-0.15, -0.1) is 0 Å². The van der Waals surface area contributed by atoms with E-state index in [4.69, 9.17) is 0 Å². The van der Waals surface area contributed by atoms with Crippen LogP contribution < -0.4 is 10.2 Å². The van der Waals surface area contributed by atoms with Crippen LogP contribution in [0.4, 0.5) is 20.6 Å². The zero-order chi connectivity index (χ0) is 17.8. The van der Waals surface area contributed by atoms with Crippen molar-refractivity contribution >= 4 is 17.4 Å². The Morgan fingerprint density at radius 1 is 1.12 bits per heavy atom. The second-order valence-electron chi connectivity index (χ2n) is 6.48. The molecule has 1 atom stereocenters. The Morgan fingerprint density at radius 3 is 2.44 bits per heavy atom. The van der Waals surface area contributed by atoms with E-state index >= 15 is 0 Å². The molecule has 1 heterocycles. The first-order valence-corrected chi connectivity index (χ1v) is 8.69. The SMILES string of the molecule is C[C@H](c1ccc(F)cc1)N(C)C(=O)Nc1ccccc1N1CCCC1. The van der Waals surface area contributed by atoms with Crippen molar-refractivity contribution in [2.24, 2.45) is 0 Å². The average Bonchev–Trinajstić information content (AvgIpc) is 3.16. The maximum atomic E-state index is 13.1. The van der Waals surface area contributed by atoms with Gasteiger partial charge in [0.25, 0.3) is 0 Å². The topological polar surface area (TPSA) is 35.6 Å². The third-order valence-corrected chi connectivity index (χ3v) is 4.85. The van der Waals surface area contributed by atoms with Gasteiger partial charge >= 0.3 is 6.03 Å². The molecule has 0 aliphatic carbocycles. The van der Waals surface area contributed by atoms with Gasteiger partial charge in [-0.3, -0.25) is 0 Å². The van der Waals surface area contributed by atoms with E-state index in [0.29, 0.717) is 0 Å². The summed E-state index contributed by atoms with van der Waals surface area (Å²) in [5.41, 5.74) is 2.79. The number of hydrogen-bond donors (Lipinski definition) is 1. The molecule has 0 saturated carbocycles. The monoisotopic (exact) mass is 341 g/mol. The Morgan fingerprint density at radius 2 is 1.76 bits per heavy atom. The predicted octanol–water partition coefficient (Wildman–Crippen LogP) is 4.65. The van der Waals surface area contributed by atoms with Gasteiger partial charge in [-0.05, 0) is 49.6 Å². The molecule has 2 amide bonds. The Kier molecular flexibility index (Phi) is 5.22. The number of rotatable bonds is 4. The van der Waals surface area contributed by atoms with Crippen LogP contribution in [0.1, 0.15) is 31.4 Å². The normalized spacial score (nSPS) is 15.1. The van der Waals surface area contributed by atoms with Gasteiger partial charge in [0.15, 0.2) is 0 Å². The summed E-state index contributed by atoms with van der Waals surface area (Å²) >= 11 is 0. The molecule has 0 spiro atoms. The molecule has 0 radical (unpaired) electrons. The number of carbonyl (C=O) groups is 1. The highest BCUT2D eigenvalue weighted by atomic mass is 19.1. The molecule has 1 aliphatic rings. The Balaban J connectivity index is 1.72. The molecule has 3 rings (SSSR count). The molecule has 1 N–H and O–H groups in total. The van der Waals surface area contributed by atoms with Crippen LogP contribution in [0.3, 0.4) is 0 Å². The van der Waals surface area contributed by atoms with Gasteiger partial charge in [-0.25, -0.2) is 9.18 Å². The molecule has 25 heavy (non-hydrogen) atoms. The number of amides is 2. The first-order valence-electron chi connectivity index (χ1n) is 8.69. The van der Waals surface area contributed by atoms with Gasteiger partial charge in [0.2, 0.25) is 0 Å². The Hall–Kier alpha value is -2.56. The minimum Gasteiger partial charge on any atom is -0.370 e. The number of urea groups is 1. The number of hydrogen-bond acceptors (Lipinski definition) is 2.